The molecule has 0 saturated carbocycles. The highest BCUT2D eigenvalue weighted by atomic mass is 35.5. The number of nitrogens with zero attached hydrogens (tertiary/aromatic N) is 3. The van der Waals surface area contributed by atoms with Crippen molar-refractivity contribution >= 4 is 40.5 Å². The molecule has 0 fully saturated rings. The molecule has 9 heteroatoms. The molecule has 0 aliphatic heterocycles. The molecule has 0 N–H and O–H groups in total. The molecule has 1 aromatic carbocycles. The number of hydrogen-bond donors (Lipinski definition) is 0. The lowest BCUT2D eigenvalue weighted by Crippen LogP contribution is -2.19. The number of halogens is 2. The minimum Gasteiger partial charge on any atom is -0.460 e. The summed E-state index contributed by atoms with van der Waals surface area (Å²) in [4.78, 5) is 24.1. The molecule has 2 heterocycles. The van der Waals surface area contributed by atoms with Crippen LogP contribution in [0.15, 0.2) is 34.4 Å². The van der Waals surface area contributed by atoms with Gasteiger partial charge in [-0.25, -0.2) is 9.48 Å². The van der Waals surface area contributed by atoms with Crippen molar-refractivity contribution in [3.05, 3.63) is 72.0 Å². The first kappa shape index (κ1) is 19.7. The van der Waals surface area contributed by atoms with Gasteiger partial charge in [0.2, 0.25) is 0 Å². The highest BCUT2D eigenvalue weighted by molar-refractivity contribution is 7.07. The summed E-state index contributed by atoms with van der Waals surface area (Å²) in [5.41, 5.74) is 2.37. The van der Waals surface area contributed by atoms with Crippen LogP contribution >= 0.6 is 34.5 Å². The first-order valence-electron chi connectivity index (χ1n) is 8.17. The molecule has 27 heavy (non-hydrogen) atoms. The number of rotatable bonds is 6. The lowest BCUT2D eigenvalue weighted by atomic mass is 10.2. The van der Waals surface area contributed by atoms with Crippen molar-refractivity contribution in [1.82, 2.24) is 14.3 Å². The molecule has 2 aromatic heterocycles. The van der Waals surface area contributed by atoms with Crippen LogP contribution in [0.25, 0.3) is 0 Å². The zero-order chi connectivity index (χ0) is 19.6. The summed E-state index contributed by atoms with van der Waals surface area (Å²) < 4.78 is 8.38. The van der Waals surface area contributed by atoms with E-state index in [-0.39, 0.29) is 22.2 Å². The molecule has 0 aliphatic rings. The van der Waals surface area contributed by atoms with Crippen molar-refractivity contribution in [2.45, 2.75) is 26.9 Å². The van der Waals surface area contributed by atoms with Gasteiger partial charge in [0.25, 0.3) is 0 Å². The first-order valence-corrected chi connectivity index (χ1v) is 9.80. The molecular weight excluding hydrogens is 409 g/mol. The van der Waals surface area contributed by atoms with Crippen LogP contribution in [0.2, 0.25) is 10.2 Å². The maximum absolute atomic E-state index is 12.4. The number of hydrogen-bond acceptors (Lipinski definition) is 5. The summed E-state index contributed by atoms with van der Waals surface area (Å²) in [5, 5.41) is 6.89. The first-order chi connectivity index (χ1) is 12.9. The molecule has 3 rings (SSSR count). The van der Waals surface area contributed by atoms with Gasteiger partial charge in [0.1, 0.15) is 17.3 Å². The summed E-state index contributed by atoms with van der Waals surface area (Å²) in [6.07, 6.45) is 0. The number of thiazole rings is 1. The molecule has 0 amide bonds. The van der Waals surface area contributed by atoms with Gasteiger partial charge in [-0.1, -0.05) is 52.7 Å². The van der Waals surface area contributed by atoms with Crippen molar-refractivity contribution in [3.63, 3.8) is 0 Å². The van der Waals surface area contributed by atoms with E-state index in [1.54, 1.807) is 22.9 Å². The summed E-state index contributed by atoms with van der Waals surface area (Å²) in [6.45, 7) is 4.24. The van der Waals surface area contributed by atoms with Crippen LogP contribution in [-0.4, -0.2) is 26.9 Å². The summed E-state index contributed by atoms with van der Waals surface area (Å²) in [7, 11) is 0. The van der Waals surface area contributed by atoms with Crippen molar-refractivity contribution in [2.75, 3.05) is 6.61 Å². The van der Waals surface area contributed by atoms with Gasteiger partial charge in [-0.05, 0) is 25.5 Å². The summed E-state index contributed by atoms with van der Waals surface area (Å²) in [6, 6.07) is 7.36. The normalized spacial score (nSPS) is 11.0. The summed E-state index contributed by atoms with van der Waals surface area (Å²) in [5.74, 6) is -0.566. The number of carbonyl (C=O) groups excluding carboxylic acids is 1. The van der Waals surface area contributed by atoms with Gasteiger partial charge in [0, 0.05) is 16.1 Å². The van der Waals surface area contributed by atoms with Crippen molar-refractivity contribution in [3.8, 4) is 0 Å². The highest BCUT2D eigenvalue weighted by Crippen LogP contribution is 2.24. The van der Waals surface area contributed by atoms with E-state index < -0.39 is 5.97 Å². The minimum atomic E-state index is -0.566. The van der Waals surface area contributed by atoms with E-state index in [1.807, 2.05) is 25.1 Å². The van der Waals surface area contributed by atoms with Crippen LogP contribution in [0.1, 0.15) is 27.3 Å². The van der Waals surface area contributed by atoms with E-state index in [0.717, 1.165) is 22.6 Å². The maximum atomic E-state index is 12.4. The molecule has 6 nitrogen and oxygen atoms in total. The van der Waals surface area contributed by atoms with Gasteiger partial charge in [-0.3, -0.25) is 9.36 Å². The predicted octanol–water partition coefficient (Wildman–Crippen LogP) is 3.94. The number of aryl methyl sites for hydroxylation is 2. The maximum Gasteiger partial charge on any atom is 0.343 e. The molecule has 0 atom stereocenters. The van der Waals surface area contributed by atoms with Crippen LogP contribution in [0, 0.1) is 13.8 Å². The van der Waals surface area contributed by atoms with Crippen molar-refractivity contribution in [2.24, 2.45) is 0 Å². The zero-order valence-electron chi connectivity index (χ0n) is 14.7. The average Bonchev–Trinajstić information content (AvgIpc) is 3.09. The molecule has 3 aromatic rings. The van der Waals surface area contributed by atoms with Crippen LogP contribution in [0.3, 0.4) is 0 Å². The van der Waals surface area contributed by atoms with E-state index >= 15 is 0 Å². The third kappa shape index (κ3) is 4.26. The fourth-order valence-electron chi connectivity index (χ4n) is 2.65. The number of benzene rings is 1. The Hall–Kier alpha value is -2.09. The van der Waals surface area contributed by atoms with Gasteiger partial charge in [0.15, 0.2) is 0 Å². The molecule has 0 bridgehead atoms. The number of esters is 1. The second-order valence-electron chi connectivity index (χ2n) is 5.93. The van der Waals surface area contributed by atoms with Gasteiger partial charge in [-0.2, -0.15) is 5.10 Å². The molecule has 0 aliphatic carbocycles. The molecule has 0 spiro atoms. The third-order valence-electron chi connectivity index (χ3n) is 4.07. The van der Waals surface area contributed by atoms with E-state index in [9.17, 15) is 9.59 Å². The SMILES string of the molecule is Cc1nn(Cc2ccccc2Cl)c(Cl)c1C(=O)OCCn1c(C)csc1=O. The van der Waals surface area contributed by atoms with Gasteiger partial charge in [0.05, 0.1) is 18.8 Å². The van der Waals surface area contributed by atoms with Crippen molar-refractivity contribution in [1.29, 1.82) is 0 Å². The Morgan fingerprint density at radius 2 is 2.00 bits per heavy atom. The number of ether oxygens (including phenoxy) is 1. The minimum absolute atomic E-state index is 0.0712. The Morgan fingerprint density at radius 1 is 1.26 bits per heavy atom. The van der Waals surface area contributed by atoms with Crippen LogP contribution in [-0.2, 0) is 17.8 Å². The Morgan fingerprint density at radius 3 is 2.67 bits per heavy atom. The van der Waals surface area contributed by atoms with Gasteiger partial charge < -0.3 is 4.74 Å². The topological polar surface area (TPSA) is 66.1 Å². The lowest BCUT2D eigenvalue weighted by Gasteiger charge is -2.07. The fourth-order valence-corrected chi connectivity index (χ4v) is 3.92. The molecule has 0 saturated heterocycles. The standard InChI is InChI=1S/C18H17Cl2N3O3S/c1-11-10-27-18(25)22(11)7-8-26-17(24)15-12(2)21-23(16(15)20)9-13-5-3-4-6-14(13)19/h3-6,10H,7-9H2,1-2H3. The predicted molar refractivity (Wildman–Crippen MR) is 106 cm³/mol. The molecule has 0 unspecified atom stereocenters. The van der Waals surface area contributed by atoms with Crippen LogP contribution in [0.4, 0.5) is 0 Å². The highest BCUT2D eigenvalue weighted by Gasteiger charge is 2.22. The van der Waals surface area contributed by atoms with E-state index in [0.29, 0.717) is 23.8 Å². The lowest BCUT2D eigenvalue weighted by molar-refractivity contribution is 0.0489. The quantitative estimate of drug-likeness (QED) is 0.561. The van der Waals surface area contributed by atoms with Crippen molar-refractivity contribution < 1.29 is 9.53 Å². The van der Waals surface area contributed by atoms with E-state index in [4.69, 9.17) is 27.9 Å². The third-order valence-corrected chi connectivity index (χ3v) is 5.71. The summed E-state index contributed by atoms with van der Waals surface area (Å²) >= 11 is 13.7. The molecule has 142 valence electrons. The van der Waals surface area contributed by atoms with Gasteiger partial charge in [-0.15, -0.1) is 0 Å². The van der Waals surface area contributed by atoms with E-state index in [1.165, 1.54) is 4.68 Å². The number of aromatic nitrogens is 3. The number of carbonyl (C=O) groups is 1. The van der Waals surface area contributed by atoms with Crippen LogP contribution < -0.4 is 4.87 Å². The Balaban J connectivity index is 1.71. The van der Waals surface area contributed by atoms with Crippen LogP contribution in [0.5, 0.6) is 0 Å². The monoisotopic (exact) mass is 425 g/mol. The molecular formula is C18H17Cl2N3O3S. The molecule has 0 radical (unpaired) electrons. The van der Waals surface area contributed by atoms with Gasteiger partial charge >= 0.3 is 10.8 Å². The second kappa shape index (κ2) is 8.29. The Labute approximate surface area is 169 Å². The fraction of sp³-hybridized carbons (Fsp3) is 0.278. The smallest absolute Gasteiger partial charge is 0.343 e. The Kier molecular flexibility index (Phi) is 6.04. The second-order valence-corrected chi connectivity index (χ2v) is 7.52. The average molecular weight is 426 g/mol. The zero-order valence-corrected chi connectivity index (χ0v) is 17.1. The van der Waals surface area contributed by atoms with E-state index in [2.05, 4.69) is 5.10 Å². The largest absolute Gasteiger partial charge is 0.460 e. The Bertz CT molecular complexity index is 1040.